The smallest absolute Gasteiger partial charge is 0.163 e. The number of ether oxygens (including phenoxy) is 3. The SMILES string of the molecule is CN1CCCCCOc2cc3c(ncnc3cc2OC[C@H](O)CNCCOCCO)Nc2cc(Cl)c(F)cc2C1. The van der Waals surface area contributed by atoms with Crippen LogP contribution in [-0.2, 0) is 11.3 Å². The van der Waals surface area contributed by atoms with Crippen LogP contribution < -0.4 is 20.1 Å². The molecule has 0 amide bonds. The predicted molar refractivity (Wildman–Crippen MR) is 152 cm³/mol. The van der Waals surface area contributed by atoms with E-state index < -0.39 is 11.9 Å². The zero-order chi connectivity index (χ0) is 28.3. The molecule has 0 fully saturated rings. The molecule has 1 aromatic heterocycles. The van der Waals surface area contributed by atoms with Gasteiger partial charge in [0.1, 0.15) is 30.7 Å². The van der Waals surface area contributed by atoms with Gasteiger partial charge in [-0.05, 0) is 56.6 Å². The molecule has 0 radical (unpaired) electrons. The summed E-state index contributed by atoms with van der Waals surface area (Å²) in [5.74, 6) is 1.05. The minimum atomic E-state index is -0.760. The van der Waals surface area contributed by atoms with Crippen LogP contribution in [0.2, 0.25) is 5.02 Å². The van der Waals surface area contributed by atoms with Crippen LogP contribution in [0.4, 0.5) is 15.9 Å². The number of aliphatic hydroxyl groups excluding tert-OH is 2. The summed E-state index contributed by atoms with van der Waals surface area (Å²) in [6.07, 6.45) is 3.47. The van der Waals surface area contributed by atoms with Gasteiger partial charge >= 0.3 is 0 Å². The maximum absolute atomic E-state index is 14.4. The molecule has 2 bridgehead atoms. The summed E-state index contributed by atoms with van der Waals surface area (Å²) >= 11 is 6.15. The molecule has 10 nitrogen and oxygen atoms in total. The molecule has 1 aliphatic heterocycles. The molecule has 40 heavy (non-hydrogen) atoms. The van der Waals surface area contributed by atoms with E-state index >= 15 is 0 Å². The number of rotatable bonds is 10. The first kappa shape index (κ1) is 30.2. The minimum Gasteiger partial charge on any atom is -0.490 e. The van der Waals surface area contributed by atoms with Gasteiger partial charge in [-0.1, -0.05) is 11.6 Å². The molecule has 218 valence electrons. The van der Waals surface area contributed by atoms with E-state index in [0.29, 0.717) is 66.8 Å². The highest BCUT2D eigenvalue weighted by Crippen LogP contribution is 2.36. The molecule has 1 atom stereocenters. The first-order valence-corrected chi connectivity index (χ1v) is 13.9. The first-order chi connectivity index (χ1) is 19.4. The van der Waals surface area contributed by atoms with Crippen LogP contribution in [-0.4, -0.2) is 90.9 Å². The van der Waals surface area contributed by atoms with Crippen molar-refractivity contribution in [2.24, 2.45) is 0 Å². The average molecular weight is 578 g/mol. The summed E-state index contributed by atoms with van der Waals surface area (Å²) in [6, 6.07) is 6.64. The van der Waals surface area contributed by atoms with Crippen LogP contribution >= 0.6 is 11.6 Å². The van der Waals surface area contributed by atoms with Gasteiger partial charge in [-0.3, -0.25) is 0 Å². The molecule has 1 aliphatic rings. The van der Waals surface area contributed by atoms with Gasteiger partial charge in [0.05, 0.1) is 37.0 Å². The van der Waals surface area contributed by atoms with Crippen molar-refractivity contribution in [2.75, 3.05) is 65.0 Å². The lowest BCUT2D eigenvalue weighted by atomic mass is 10.1. The van der Waals surface area contributed by atoms with Crippen LogP contribution in [0.3, 0.4) is 0 Å². The second-order valence-electron chi connectivity index (χ2n) is 9.74. The molecule has 0 saturated heterocycles. The summed E-state index contributed by atoms with van der Waals surface area (Å²) in [7, 11) is 2.01. The Bertz CT molecular complexity index is 1250. The Labute approximate surface area is 238 Å². The topological polar surface area (TPSA) is 121 Å². The largest absolute Gasteiger partial charge is 0.490 e. The van der Waals surface area contributed by atoms with Crippen LogP contribution in [0, 0.1) is 5.82 Å². The van der Waals surface area contributed by atoms with Crippen molar-refractivity contribution in [1.82, 2.24) is 20.2 Å². The lowest BCUT2D eigenvalue weighted by molar-refractivity contribution is 0.0836. The number of hydrogen-bond acceptors (Lipinski definition) is 10. The first-order valence-electron chi connectivity index (χ1n) is 13.5. The number of anilines is 2. The molecule has 3 aromatic rings. The van der Waals surface area contributed by atoms with E-state index in [4.69, 9.17) is 30.9 Å². The highest BCUT2D eigenvalue weighted by Gasteiger charge is 2.17. The van der Waals surface area contributed by atoms with Gasteiger partial charge in [0, 0.05) is 36.8 Å². The van der Waals surface area contributed by atoms with E-state index in [0.717, 1.165) is 31.4 Å². The van der Waals surface area contributed by atoms with Crippen molar-refractivity contribution < 1.29 is 28.8 Å². The average Bonchev–Trinajstić information content (AvgIpc) is 2.94. The monoisotopic (exact) mass is 577 g/mol. The standard InChI is InChI=1S/C28H37ClFN5O5/c1-35-6-3-2-4-8-39-26-12-21-25(14-27(26)40-17-20(37)15-31-5-9-38-10-7-36)32-18-33-28(21)34-24-13-22(29)23(30)11-19(24)16-35/h11-14,18,20,31,36-37H,2-10,15-17H2,1H3,(H,32,33,34)/t20-/m1/s1. The Morgan fingerprint density at radius 2 is 2.08 bits per heavy atom. The van der Waals surface area contributed by atoms with E-state index in [2.05, 4.69) is 25.5 Å². The van der Waals surface area contributed by atoms with Crippen molar-refractivity contribution >= 4 is 34.0 Å². The maximum Gasteiger partial charge on any atom is 0.163 e. The molecular formula is C28H37ClFN5O5. The van der Waals surface area contributed by atoms with Crippen molar-refractivity contribution in [2.45, 2.75) is 31.9 Å². The van der Waals surface area contributed by atoms with Crippen LogP contribution in [0.5, 0.6) is 11.5 Å². The van der Waals surface area contributed by atoms with Crippen LogP contribution in [0.15, 0.2) is 30.6 Å². The van der Waals surface area contributed by atoms with Crippen LogP contribution in [0.25, 0.3) is 10.9 Å². The number of hydrogen-bond donors (Lipinski definition) is 4. The highest BCUT2D eigenvalue weighted by molar-refractivity contribution is 6.31. The molecular weight excluding hydrogens is 541 g/mol. The van der Waals surface area contributed by atoms with Crippen LogP contribution in [0.1, 0.15) is 24.8 Å². The fourth-order valence-corrected chi connectivity index (χ4v) is 4.55. The Kier molecular flexibility index (Phi) is 11.5. The summed E-state index contributed by atoms with van der Waals surface area (Å²) in [5.41, 5.74) is 2.04. The lowest BCUT2D eigenvalue weighted by Crippen LogP contribution is -2.33. The predicted octanol–water partition coefficient (Wildman–Crippen LogP) is 3.50. The van der Waals surface area contributed by atoms with Gasteiger partial charge in [0.15, 0.2) is 11.5 Å². The zero-order valence-electron chi connectivity index (χ0n) is 22.7. The summed E-state index contributed by atoms with van der Waals surface area (Å²) in [4.78, 5) is 11.0. The van der Waals surface area contributed by atoms with Gasteiger partial charge < -0.3 is 40.0 Å². The van der Waals surface area contributed by atoms with Gasteiger partial charge in [0.2, 0.25) is 0 Å². The molecule has 0 aliphatic carbocycles. The van der Waals surface area contributed by atoms with E-state index in [1.807, 2.05) is 13.1 Å². The number of nitrogens with zero attached hydrogens (tertiary/aromatic N) is 3. The molecule has 4 rings (SSSR count). The molecule has 2 heterocycles. The third kappa shape index (κ3) is 8.60. The third-order valence-corrected chi connectivity index (χ3v) is 6.74. The molecule has 12 heteroatoms. The summed E-state index contributed by atoms with van der Waals surface area (Å²) in [5, 5.41) is 26.3. The number of benzene rings is 2. The Balaban J connectivity index is 1.56. The fraction of sp³-hybridized carbons (Fsp3) is 0.500. The van der Waals surface area contributed by atoms with Gasteiger partial charge in [-0.25, -0.2) is 14.4 Å². The molecule has 0 spiro atoms. The number of fused-ring (bicyclic) bond motifs is 2. The minimum absolute atomic E-state index is 0.0198. The molecule has 0 saturated carbocycles. The van der Waals surface area contributed by atoms with Gasteiger partial charge in [-0.2, -0.15) is 0 Å². The number of nitrogens with one attached hydrogen (secondary N) is 2. The number of halogens is 2. The normalized spacial score (nSPS) is 15.5. The van der Waals surface area contributed by atoms with Crippen molar-refractivity contribution in [3.05, 3.63) is 47.0 Å². The molecule has 4 N–H and O–H groups in total. The van der Waals surface area contributed by atoms with Crippen molar-refractivity contribution in [3.8, 4) is 11.5 Å². The van der Waals surface area contributed by atoms with E-state index in [9.17, 15) is 9.50 Å². The Hall–Kier alpha value is -2.80. The lowest BCUT2D eigenvalue weighted by Gasteiger charge is -2.20. The summed E-state index contributed by atoms with van der Waals surface area (Å²) < 4.78 is 31.7. The zero-order valence-corrected chi connectivity index (χ0v) is 23.4. The number of aromatic nitrogens is 2. The maximum atomic E-state index is 14.4. The third-order valence-electron chi connectivity index (χ3n) is 6.45. The van der Waals surface area contributed by atoms with Crippen molar-refractivity contribution in [1.29, 1.82) is 0 Å². The highest BCUT2D eigenvalue weighted by atomic mass is 35.5. The Morgan fingerprint density at radius 3 is 2.92 bits per heavy atom. The van der Waals surface area contributed by atoms with Gasteiger partial charge in [-0.15, -0.1) is 0 Å². The molecule has 2 aromatic carbocycles. The summed E-state index contributed by atoms with van der Waals surface area (Å²) in [6.45, 7) is 3.52. The van der Waals surface area contributed by atoms with E-state index in [1.54, 1.807) is 12.1 Å². The van der Waals surface area contributed by atoms with Crippen molar-refractivity contribution in [3.63, 3.8) is 0 Å². The van der Waals surface area contributed by atoms with E-state index in [1.165, 1.54) is 12.4 Å². The quantitative estimate of drug-likeness (QED) is 0.266. The van der Waals surface area contributed by atoms with E-state index in [-0.39, 0.29) is 24.8 Å². The second-order valence-corrected chi connectivity index (χ2v) is 10.1. The second kappa shape index (κ2) is 15.3. The number of aliphatic hydroxyl groups is 2. The fourth-order valence-electron chi connectivity index (χ4n) is 4.39. The van der Waals surface area contributed by atoms with Gasteiger partial charge in [0.25, 0.3) is 0 Å². The Morgan fingerprint density at radius 1 is 1.20 bits per heavy atom. The molecule has 0 unspecified atom stereocenters.